The molecule has 1 heterocycles. The number of anilines is 1. The van der Waals surface area contributed by atoms with Crippen molar-refractivity contribution in [2.45, 2.75) is 6.92 Å². The third-order valence-corrected chi connectivity index (χ3v) is 1.88. The van der Waals surface area contributed by atoms with E-state index in [0.717, 1.165) is 16.8 Å². The van der Waals surface area contributed by atoms with Crippen LogP contribution in [0, 0.1) is 6.92 Å². The van der Waals surface area contributed by atoms with Crippen LogP contribution in [0.4, 0.5) is 5.69 Å². The summed E-state index contributed by atoms with van der Waals surface area (Å²) in [6, 6.07) is 5.60. The van der Waals surface area contributed by atoms with Gasteiger partial charge < -0.3 is 10.2 Å². The highest BCUT2D eigenvalue weighted by Crippen LogP contribution is 2.20. The number of nitrogen functional groups attached to an aromatic ring is 1. The minimum absolute atomic E-state index is 0.517. The van der Waals surface area contributed by atoms with E-state index in [2.05, 4.69) is 10.2 Å². The number of hydrogen-bond donors (Lipinski definition) is 1. The van der Waals surface area contributed by atoms with Crippen LogP contribution in [0.15, 0.2) is 29.0 Å². The van der Waals surface area contributed by atoms with Crippen molar-refractivity contribution < 1.29 is 4.42 Å². The minimum atomic E-state index is 0.517. The lowest BCUT2D eigenvalue weighted by Crippen LogP contribution is -1.89. The largest absolute Gasteiger partial charge is 0.423 e. The summed E-state index contributed by atoms with van der Waals surface area (Å²) in [6.07, 6.45) is 1.31. The van der Waals surface area contributed by atoms with Gasteiger partial charge in [-0.1, -0.05) is 0 Å². The van der Waals surface area contributed by atoms with Crippen LogP contribution in [0.3, 0.4) is 0 Å². The summed E-state index contributed by atoms with van der Waals surface area (Å²) in [5.74, 6) is 0.517. The molecule has 0 aliphatic heterocycles. The molecule has 0 radical (unpaired) electrons. The molecule has 4 heteroatoms. The first kappa shape index (κ1) is 7.79. The molecule has 0 atom stereocenters. The van der Waals surface area contributed by atoms with Gasteiger partial charge in [-0.25, -0.2) is 0 Å². The molecule has 0 amide bonds. The molecule has 2 rings (SSSR count). The Morgan fingerprint density at radius 3 is 2.85 bits per heavy atom. The summed E-state index contributed by atoms with van der Waals surface area (Å²) in [4.78, 5) is 0. The highest BCUT2D eigenvalue weighted by molar-refractivity contribution is 5.60. The molecule has 0 fully saturated rings. The van der Waals surface area contributed by atoms with E-state index in [-0.39, 0.29) is 0 Å². The Hall–Kier alpha value is -1.84. The number of nitrogens with zero attached hydrogens (tertiary/aromatic N) is 2. The second-order valence-corrected chi connectivity index (χ2v) is 2.82. The molecule has 2 aromatic rings. The van der Waals surface area contributed by atoms with Crippen LogP contribution in [0.2, 0.25) is 0 Å². The van der Waals surface area contributed by atoms with Gasteiger partial charge in [-0.15, -0.1) is 10.2 Å². The molecule has 13 heavy (non-hydrogen) atoms. The molecule has 0 bridgehead atoms. The lowest BCUT2D eigenvalue weighted by molar-refractivity contribution is 0.568. The Kier molecular flexibility index (Phi) is 1.73. The molecule has 66 valence electrons. The molecule has 0 saturated carbocycles. The summed E-state index contributed by atoms with van der Waals surface area (Å²) in [6.45, 7) is 1.94. The quantitative estimate of drug-likeness (QED) is 0.669. The van der Waals surface area contributed by atoms with Crippen molar-refractivity contribution in [2.75, 3.05) is 5.73 Å². The Balaban J connectivity index is 2.49. The van der Waals surface area contributed by atoms with E-state index in [9.17, 15) is 0 Å². The van der Waals surface area contributed by atoms with Crippen molar-refractivity contribution in [3.8, 4) is 11.5 Å². The van der Waals surface area contributed by atoms with Crippen LogP contribution < -0.4 is 5.73 Å². The maximum Gasteiger partial charge on any atom is 0.247 e. The summed E-state index contributed by atoms with van der Waals surface area (Å²) in [7, 11) is 0. The average Bonchev–Trinajstić information content (AvgIpc) is 2.62. The Morgan fingerprint density at radius 1 is 1.38 bits per heavy atom. The van der Waals surface area contributed by atoms with Crippen LogP contribution in [0.1, 0.15) is 5.56 Å². The number of rotatable bonds is 1. The molecule has 1 aromatic carbocycles. The van der Waals surface area contributed by atoms with E-state index in [4.69, 9.17) is 10.2 Å². The average molecular weight is 175 g/mol. The van der Waals surface area contributed by atoms with E-state index in [0.29, 0.717) is 5.89 Å². The van der Waals surface area contributed by atoms with Crippen molar-refractivity contribution in [1.29, 1.82) is 0 Å². The number of hydrogen-bond acceptors (Lipinski definition) is 4. The van der Waals surface area contributed by atoms with Crippen LogP contribution in [-0.2, 0) is 0 Å². The second-order valence-electron chi connectivity index (χ2n) is 2.82. The monoisotopic (exact) mass is 175 g/mol. The van der Waals surface area contributed by atoms with E-state index in [1.54, 1.807) is 0 Å². The number of nitrogens with two attached hydrogens (primary N) is 1. The molecule has 0 aliphatic carbocycles. The third-order valence-electron chi connectivity index (χ3n) is 1.88. The normalized spacial score (nSPS) is 10.2. The fourth-order valence-corrected chi connectivity index (χ4v) is 1.11. The number of aryl methyl sites for hydroxylation is 1. The van der Waals surface area contributed by atoms with E-state index >= 15 is 0 Å². The van der Waals surface area contributed by atoms with Gasteiger partial charge in [0.25, 0.3) is 0 Å². The highest BCUT2D eigenvalue weighted by Gasteiger charge is 2.03. The van der Waals surface area contributed by atoms with Gasteiger partial charge in [0.2, 0.25) is 12.3 Å². The first-order chi connectivity index (χ1) is 6.27. The smallest absolute Gasteiger partial charge is 0.247 e. The lowest BCUT2D eigenvalue weighted by atomic mass is 10.1. The van der Waals surface area contributed by atoms with E-state index < -0.39 is 0 Å². The summed E-state index contributed by atoms with van der Waals surface area (Å²) in [5.41, 5.74) is 8.35. The van der Waals surface area contributed by atoms with Crippen molar-refractivity contribution in [3.05, 3.63) is 30.2 Å². The standard InChI is InChI=1S/C9H9N3O/c1-6-4-7(2-3-8(6)10)9-12-11-5-13-9/h2-5H,10H2,1H3. The van der Waals surface area contributed by atoms with Gasteiger partial charge in [0.15, 0.2) is 0 Å². The van der Waals surface area contributed by atoms with Crippen LogP contribution in [0.5, 0.6) is 0 Å². The topological polar surface area (TPSA) is 64.9 Å². The first-order valence-corrected chi connectivity index (χ1v) is 3.90. The highest BCUT2D eigenvalue weighted by atomic mass is 16.4. The SMILES string of the molecule is Cc1cc(-c2nnco2)ccc1N. The molecule has 1 aromatic heterocycles. The summed E-state index contributed by atoms with van der Waals surface area (Å²) in [5, 5.41) is 7.40. The summed E-state index contributed by atoms with van der Waals surface area (Å²) < 4.78 is 5.05. The Bertz CT molecular complexity index is 409. The van der Waals surface area contributed by atoms with Crippen molar-refractivity contribution >= 4 is 5.69 Å². The molecule has 0 saturated heterocycles. The minimum Gasteiger partial charge on any atom is -0.423 e. The van der Waals surface area contributed by atoms with Gasteiger partial charge in [0.05, 0.1) is 0 Å². The molecular weight excluding hydrogens is 166 g/mol. The Morgan fingerprint density at radius 2 is 2.23 bits per heavy atom. The maximum absolute atomic E-state index is 5.68. The first-order valence-electron chi connectivity index (χ1n) is 3.90. The van der Waals surface area contributed by atoms with Gasteiger partial charge >= 0.3 is 0 Å². The van der Waals surface area contributed by atoms with E-state index in [1.165, 1.54) is 6.39 Å². The predicted molar refractivity (Wildman–Crippen MR) is 48.9 cm³/mol. The molecular formula is C9H9N3O. The van der Waals surface area contributed by atoms with Gasteiger partial charge in [-0.3, -0.25) is 0 Å². The second kappa shape index (κ2) is 2.90. The van der Waals surface area contributed by atoms with Crippen LogP contribution >= 0.6 is 0 Å². The molecule has 0 spiro atoms. The zero-order valence-corrected chi connectivity index (χ0v) is 7.19. The number of aromatic nitrogens is 2. The molecule has 0 unspecified atom stereocenters. The predicted octanol–water partition coefficient (Wildman–Crippen LogP) is 1.63. The van der Waals surface area contributed by atoms with Gasteiger partial charge in [-0.2, -0.15) is 0 Å². The van der Waals surface area contributed by atoms with Crippen molar-refractivity contribution in [2.24, 2.45) is 0 Å². The zero-order valence-electron chi connectivity index (χ0n) is 7.19. The molecule has 0 aliphatic rings. The van der Waals surface area contributed by atoms with Crippen LogP contribution in [0.25, 0.3) is 11.5 Å². The molecule has 4 nitrogen and oxygen atoms in total. The van der Waals surface area contributed by atoms with Gasteiger partial charge in [0.1, 0.15) is 0 Å². The fraction of sp³-hybridized carbons (Fsp3) is 0.111. The molecule has 2 N–H and O–H groups in total. The van der Waals surface area contributed by atoms with Crippen molar-refractivity contribution in [1.82, 2.24) is 10.2 Å². The van der Waals surface area contributed by atoms with Gasteiger partial charge in [0, 0.05) is 11.3 Å². The lowest BCUT2D eigenvalue weighted by Gasteiger charge is -2.00. The van der Waals surface area contributed by atoms with Gasteiger partial charge in [-0.05, 0) is 30.7 Å². The Labute approximate surface area is 75.4 Å². The van der Waals surface area contributed by atoms with Crippen LogP contribution in [-0.4, -0.2) is 10.2 Å². The number of benzene rings is 1. The van der Waals surface area contributed by atoms with Crippen molar-refractivity contribution in [3.63, 3.8) is 0 Å². The summed E-state index contributed by atoms with van der Waals surface area (Å²) >= 11 is 0. The maximum atomic E-state index is 5.68. The fourth-order valence-electron chi connectivity index (χ4n) is 1.11. The third kappa shape index (κ3) is 1.38. The zero-order chi connectivity index (χ0) is 9.26. The van der Waals surface area contributed by atoms with E-state index in [1.807, 2.05) is 25.1 Å².